The standard InChI is InChI=1S/C24H25N3O3/c1-17-9-10-21(27(29)30)15-23(17)25-24(28)19-11-13-26(14-12-19)16-20-7-4-6-18-5-2-3-8-22(18)20/h2-10,15,19H,11-14,16H2,1H3,(H,25,28). The SMILES string of the molecule is Cc1ccc([N+](=O)[O-])cc1NC(=O)C1CCN(Cc2cccc3ccccc23)CC1. The molecule has 3 aromatic rings. The van der Waals surface area contributed by atoms with Gasteiger partial charge in [0.1, 0.15) is 0 Å². The molecule has 1 heterocycles. The van der Waals surface area contributed by atoms with Crippen molar-refractivity contribution in [3.63, 3.8) is 0 Å². The summed E-state index contributed by atoms with van der Waals surface area (Å²) in [5, 5.41) is 16.4. The fourth-order valence-corrected chi connectivity index (χ4v) is 4.12. The van der Waals surface area contributed by atoms with E-state index in [4.69, 9.17) is 0 Å². The van der Waals surface area contributed by atoms with E-state index in [1.807, 2.05) is 6.92 Å². The number of aryl methyl sites for hydroxylation is 1. The number of nitro benzene ring substituents is 1. The van der Waals surface area contributed by atoms with Crippen LogP contribution in [0.4, 0.5) is 11.4 Å². The van der Waals surface area contributed by atoms with E-state index < -0.39 is 4.92 Å². The molecule has 6 heteroatoms. The molecule has 0 bridgehead atoms. The number of amides is 1. The third-order valence-corrected chi connectivity index (χ3v) is 5.92. The molecule has 0 saturated carbocycles. The number of anilines is 1. The molecule has 1 aliphatic rings. The number of non-ortho nitro benzene ring substituents is 1. The van der Waals surface area contributed by atoms with E-state index in [1.54, 1.807) is 6.07 Å². The minimum absolute atomic E-state index is 0.0131. The van der Waals surface area contributed by atoms with Crippen LogP contribution in [0.3, 0.4) is 0 Å². The number of carbonyl (C=O) groups is 1. The van der Waals surface area contributed by atoms with Gasteiger partial charge in [-0.05, 0) is 54.8 Å². The predicted molar refractivity (Wildman–Crippen MR) is 118 cm³/mol. The summed E-state index contributed by atoms with van der Waals surface area (Å²) in [5.74, 6) is -0.129. The molecule has 1 fully saturated rings. The molecule has 0 aliphatic carbocycles. The van der Waals surface area contributed by atoms with E-state index >= 15 is 0 Å². The number of hydrogen-bond donors (Lipinski definition) is 1. The molecule has 1 N–H and O–H groups in total. The number of nitro groups is 1. The van der Waals surface area contributed by atoms with Gasteiger partial charge in [0.25, 0.3) is 5.69 Å². The Morgan fingerprint density at radius 3 is 2.60 bits per heavy atom. The summed E-state index contributed by atoms with van der Waals surface area (Å²) < 4.78 is 0. The first kappa shape index (κ1) is 20.0. The number of nitrogens with one attached hydrogen (secondary N) is 1. The Morgan fingerprint density at radius 1 is 1.10 bits per heavy atom. The first-order valence-corrected chi connectivity index (χ1v) is 10.3. The van der Waals surface area contributed by atoms with E-state index in [9.17, 15) is 14.9 Å². The van der Waals surface area contributed by atoms with Crippen LogP contribution < -0.4 is 5.32 Å². The van der Waals surface area contributed by atoms with Crippen molar-refractivity contribution in [1.29, 1.82) is 0 Å². The quantitative estimate of drug-likeness (QED) is 0.485. The second-order valence-corrected chi connectivity index (χ2v) is 7.93. The Kier molecular flexibility index (Phi) is 5.77. The number of rotatable bonds is 5. The summed E-state index contributed by atoms with van der Waals surface area (Å²) in [4.78, 5) is 25.7. The second-order valence-electron chi connectivity index (χ2n) is 7.93. The van der Waals surface area contributed by atoms with Crippen LogP contribution in [0.15, 0.2) is 60.7 Å². The van der Waals surface area contributed by atoms with E-state index in [1.165, 1.54) is 28.5 Å². The molecule has 0 atom stereocenters. The Balaban J connectivity index is 1.37. The average Bonchev–Trinajstić information content (AvgIpc) is 2.76. The highest BCUT2D eigenvalue weighted by molar-refractivity contribution is 5.93. The second kappa shape index (κ2) is 8.63. The maximum absolute atomic E-state index is 12.7. The van der Waals surface area contributed by atoms with Gasteiger partial charge in [-0.25, -0.2) is 0 Å². The third-order valence-electron chi connectivity index (χ3n) is 5.92. The largest absolute Gasteiger partial charge is 0.325 e. The maximum Gasteiger partial charge on any atom is 0.271 e. The van der Waals surface area contributed by atoms with Crippen molar-refractivity contribution in [3.05, 3.63) is 81.9 Å². The first-order valence-electron chi connectivity index (χ1n) is 10.3. The minimum Gasteiger partial charge on any atom is -0.325 e. The lowest BCUT2D eigenvalue weighted by Gasteiger charge is -2.31. The van der Waals surface area contributed by atoms with E-state index in [-0.39, 0.29) is 17.5 Å². The Hall–Kier alpha value is -3.25. The van der Waals surface area contributed by atoms with E-state index in [2.05, 4.69) is 52.7 Å². The zero-order valence-electron chi connectivity index (χ0n) is 17.0. The lowest BCUT2D eigenvalue weighted by molar-refractivity contribution is -0.384. The van der Waals surface area contributed by atoms with Crippen LogP contribution in [0.1, 0.15) is 24.0 Å². The van der Waals surface area contributed by atoms with Crippen LogP contribution in [-0.4, -0.2) is 28.8 Å². The number of fused-ring (bicyclic) bond motifs is 1. The lowest BCUT2D eigenvalue weighted by Crippen LogP contribution is -2.37. The van der Waals surface area contributed by atoms with Crippen LogP contribution in [0.5, 0.6) is 0 Å². The van der Waals surface area contributed by atoms with Crippen molar-refractivity contribution in [3.8, 4) is 0 Å². The predicted octanol–water partition coefficient (Wildman–Crippen LogP) is 4.91. The van der Waals surface area contributed by atoms with Crippen LogP contribution >= 0.6 is 0 Å². The van der Waals surface area contributed by atoms with Gasteiger partial charge < -0.3 is 5.32 Å². The molecule has 0 unspecified atom stereocenters. The monoisotopic (exact) mass is 403 g/mol. The average molecular weight is 403 g/mol. The molecule has 3 aromatic carbocycles. The van der Waals surface area contributed by atoms with Gasteiger partial charge in [-0.1, -0.05) is 48.5 Å². The smallest absolute Gasteiger partial charge is 0.271 e. The molecule has 1 aliphatic heterocycles. The van der Waals surface area contributed by atoms with Gasteiger partial charge >= 0.3 is 0 Å². The summed E-state index contributed by atoms with van der Waals surface area (Å²) >= 11 is 0. The molecule has 0 radical (unpaired) electrons. The molecule has 0 aromatic heterocycles. The van der Waals surface area contributed by atoms with Crippen molar-refractivity contribution in [2.24, 2.45) is 5.92 Å². The highest BCUT2D eigenvalue weighted by Gasteiger charge is 2.26. The molecule has 1 saturated heterocycles. The van der Waals surface area contributed by atoms with Crippen LogP contribution in [0.25, 0.3) is 10.8 Å². The van der Waals surface area contributed by atoms with Crippen molar-refractivity contribution in [2.75, 3.05) is 18.4 Å². The molecule has 30 heavy (non-hydrogen) atoms. The van der Waals surface area contributed by atoms with Gasteiger partial charge in [-0.3, -0.25) is 19.8 Å². The Bertz CT molecular complexity index is 1080. The molecule has 6 nitrogen and oxygen atoms in total. The van der Waals surface area contributed by atoms with Crippen molar-refractivity contribution < 1.29 is 9.72 Å². The minimum atomic E-state index is -0.444. The van der Waals surface area contributed by atoms with Gasteiger partial charge in [0.2, 0.25) is 5.91 Å². The Morgan fingerprint density at radius 2 is 1.83 bits per heavy atom. The van der Waals surface area contributed by atoms with Gasteiger partial charge in [-0.2, -0.15) is 0 Å². The fraction of sp³-hybridized carbons (Fsp3) is 0.292. The van der Waals surface area contributed by atoms with Gasteiger partial charge in [0, 0.05) is 24.6 Å². The summed E-state index contributed by atoms with van der Waals surface area (Å²) in [6.07, 6.45) is 1.56. The molecule has 0 spiro atoms. The summed E-state index contributed by atoms with van der Waals surface area (Å²) in [5.41, 5.74) is 2.64. The number of nitrogens with zero attached hydrogens (tertiary/aromatic N) is 2. The highest BCUT2D eigenvalue weighted by atomic mass is 16.6. The van der Waals surface area contributed by atoms with Crippen molar-refractivity contribution >= 4 is 28.1 Å². The third kappa shape index (κ3) is 4.33. The number of carbonyl (C=O) groups excluding carboxylic acids is 1. The number of piperidine rings is 1. The molecular weight excluding hydrogens is 378 g/mol. The van der Waals surface area contributed by atoms with E-state index in [0.717, 1.165) is 38.0 Å². The van der Waals surface area contributed by atoms with Crippen molar-refractivity contribution in [2.45, 2.75) is 26.3 Å². The number of benzene rings is 3. The maximum atomic E-state index is 12.7. The van der Waals surface area contributed by atoms with Gasteiger partial charge in [0.05, 0.1) is 10.6 Å². The number of likely N-dealkylation sites (tertiary alicyclic amines) is 1. The molecule has 154 valence electrons. The van der Waals surface area contributed by atoms with Gasteiger partial charge in [0.15, 0.2) is 0 Å². The molecular formula is C24H25N3O3. The fourth-order valence-electron chi connectivity index (χ4n) is 4.12. The summed E-state index contributed by atoms with van der Waals surface area (Å²) in [6, 6.07) is 19.4. The molecule has 1 amide bonds. The Labute approximate surface area is 175 Å². The van der Waals surface area contributed by atoms with Crippen molar-refractivity contribution in [1.82, 2.24) is 4.90 Å². The molecule has 4 rings (SSSR count). The highest BCUT2D eigenvalue weighted by Crippen LogP contribution is 2.26. The normalized spacial score (nSPS) is 15.2. The topological polar surface area (TPSA) is 75.5 Å². The van der Waals surface area contributed by atoms with Crippen LogP contribution in [0.2, 0.25) is 0 Å². The summed E-state index contributed by atoms with van der Waals surface area (Å²) in [6.45, 7) is 4.43. The van der Waals surface area contributed by atoms with Crippen LogP contribution in [0, 0.1) is 23.0 Å². The zero-order chi connectivity index (χ0) is 21.1. The van der Waals surface area contributed by atoms with Crippen LogP contribution in [-0.2, 0) is 11.3 Å². The number of hydrogen-bond acceptors (Lipinski definition) is 4. The van der Waals surface area contributed by atoms with Gasteiger partial charge in [-0.15, -0.1) is 0 Å². The van der Waals surface area contributed by atoms with E-state index in [0.29, 0.717) is 5.69 Å². The first-order chi connectivity index (χ1) is 14.5. The summed E-state index contributed by atoms with van der Waals surface area (Å²) in [7, 11) is 0. The zero-order valence-corrected chi connectivity index (χ0v) is 17.0. The lowest BCUT2D eigenvalue weighted by atomic mass is 9.95.